The molecule has 0 saturated carbocycles. The fourth-order valence-corrected chi connectivity index (χ4v) is 2.20. The van der Waals surface area contributed by atoms with E-state index in [1.165, 1.54) is 11.1 Å². The van der Waals surface area contributed by atoms with Gasteiger partial charge in [0.1, 0.15) is 0 Å². The Morgan fingerprint density at radius 2 is 1.36 bits per heavy atom. The van der Waals surface area contributed by atoms with Crippen molar-refractivity contribution in [2.24, 2.45) is 11.3 Å². The standard InChI is InChI=1S/C20H34O2/c1-10-20(8,9)18(17(6)7)19(21-13-11-15(2)3)22-14-12-16(4)5/h10-12,18-19H,1,6,13-14H2,2-5,7-9H3. The fraction of sp³-hybridized carbons (Fsp3) is 0.600. The Morgan fingerprint density at radius 3 is 1.64 bits per heavy atom. The molecule has 0 aromatic carbocycles. The van der Waals surface area contributed by atoms with Crippen molar-refractivity contribution in [3.05, 3.63) is 48.1 Å². The van der Waals surface area contributed by atoms with E-state index in [4.69, 9.17) is 9.47 Å². The molecular formula is C20H34O2. The number of allylic oxidation sites excluding steroid dienone is 3. The molecule has 0 aromatic rings. The maximum absolute atomic E-state index is 6.01. The van der Waals surface area contributed by atoms with Gasteiger partial charge in [0, 0.05) is 5.92 Å². The van der Waals surface area contributed by atoms with E-state index in [-0.39, 0.29) is 17.6 Å². The van der Waals surface area contributed by atoms with Crippen LogP contribution in [0.15, 0.2) is 48.1 Å². The molecule has 22 heavy (non-hydrogen) atoms. The third kappa shape index (κ3) is 7.77. The number of rotatable bonds is 10. The molecule has 0 saturated heterocycles. The van der Waals surface area contributed by atoms with Crippen LogP contribution in [0, 0.1) is 11.3 Å². The maximum atomic E-state index is 6.01. The van der Waals surface area contributed by atoms with E-state index in [0.717, 1.165) is 5.57 Å². The minimum Gasteiger partial charge on any atom is -0.348 e. The molecule has 0 aliphatic carbocycles. The van der Waals surface area contributed by atoms with Gasteiger partial charge in [0.2, 0.25) is 0 Å². The van der Waals surface area contributed by atoms with E-state index in [9.17, 15) is 0 Å². The smallest absolute Gasteiger partial charge is 0.165 e. The molecule has 0 aliphatic heterocycles. The first-order valence-corrected chi connectivity index (χ1v) is 7.90. The van der Waals surface area contributed by atoms with Crippen LogP contribution in [0.5, 0.6) is 0 Å². The van der Waals surface area contributed by atoms with Crippen molar-refractivity contribution in [1.82, 2.24) is 0 Å². The van der Waals surface area contributed by atoms with Crippen LogP contribution in [-0.2, 0) is 9.47 Å². The minimum absolute atomic E-state index is 0.0566. The highest BCUT2D eigenvalue weighted by atomic mass is 16.7. The highest BCUT2D eigenvalue weighted by Crippen LogP contribution is 2.37. The van der Waals surface area contributed by atoms with Gasteiger partial charge in [-0.25, -0.2) is 0 Å². The zero-order valence-electron chi connectivity index (χ0n) is 15.5. The number of ether oxygens (including phenoxy) is 2. The quantitative estimate of drug-likeness (QED) is 0.382. The largest absolute Gasteiger partial charge is 0.348 e. The summed E-state index contributed by atoms with van der Waals surface area (Å²) in [5.41, 5.74) is 3.37. The lowest BCUT2D eigenvalue weighted by Crippen LogP contribution is -2.37. The molecule has 0 aromatic heterocycles. The molecule has 0 fully saturated rings. The van der Waals surface area contributed by atoms with Gasteiger partial charge in [0.25, 0.3) is 0 Å². The summed E-state index contributed by atoms with van der Waals surface area (Å²) < 4.78 is 12.0. The molecule has 2 nitrogen and oxygen atoms in total. The van der Waals surface area contributed by atoms with Gasteiger partial charge in [0.05, 0.1) is 13.2 Å². The lowest BCUT2D eigenvalue weighted by atomic mass is 9.75. The van der Waals surface area contributed by atoms with Gasteiger partial charge in [0.15, 0.2) is 6.29 Å². The van der Waals surface area contributed by atoms with E-state index < -0.39 is 0 Å². The average Bonchev–Trinajstić information content (AvgIpc) is 2.36. The number of hydrogen-bond donors (Lipinski definition) is 0. The summed E-state index contributed by atoms with van der Waals surface area (Å²) >= 11 is 0. The molecule has 0 N–H and O–H groups in total. The fourth-order valence-electron chi connectivity index (χ4n) is 2.20. The van der Waals surface area contributed by atoms with Crippen molar-refractivity contribution >= 4 is 0 Å². The molecule has 0 bridgehead atoms. The third-order valence-corrected chi connectivity index (χ3v) is 3.63. The average molecular weight is 306 g/mol. The first-order chi connectivity index (χ1) is 10.1. The first-order valence-electron chi connectivity index (χ1n) is 7.90. The van der Waals surface area contributed by atoms with E-state index in [1.807, 2.05) is 13.0 Å². The van der Waals surface area contributed by atoms with Gasteiger partial charge in [-0.1, -0.05) is 55.4 Å². The van der Waals surface area contributed by atoms with Crippen molar-refractivity contribution < 1.29 is 9.47 Å². The summed E-state index contributed by atoms with van der Waals surface area (Å²) in [7, 11) is 0. The molecule has 0 spiro atoms. The maximum Gasteiger partial charge on any atom is 0.165 e. The summed E-state index contributed by atoms with van der Waals surface area (Å²) in [5, 5.41) is 0. The van der Waals surface area contributed by atoms with Gasteiger partial charge >= 0.3 is 0 Å². The predicted molar refractivity (Wildman–Crippen MR) is 96.8 cm³/mol. The summed E-state index contributed by atoms with van der Waals surface area (Å²) in [6, 6.07) is 0. The van der Waals surface area contributed by atoms with Crippen LogP contribution in [0.25, 0.3) is 0 Å². The van der Waals surface area contributed by atoms with E-state index in [2.05, 4.69) is 66.9 Å². The molecular weight excluding hydrogens is 272 g/mol. The normalized spacial score (nSPS) is 12.7. The van der Waals surface area contributed by atoms with Crippen LogP contribution >= 0.6 is 0 Å². The molecule has 0 amide bonds. The van der Waals surface area contributed by atoms with Crippen LogP contribution in [0.4, 0.5) is 0 Å². The second kappa shape index (κ2) is 9.81. The molecule has 0 heterocycles. The van der Waals surface area contributed by atoms with Gasteiger partial charge in [-0.3, -0.25) is 0 Å². The molecule has 126 valence electrons. The second-order valence-corrected chi connectivity index (χ2v) is 6.95. The zero-order chi connectivity index (χ0) is 17.3. The molecule has 1 atom stereocenters. The summed E-state index contributed by atoms with van der Waals surface area (Å²) in [6.07, 6.45) is 5.74. The number of hydrogen-bond acceptors (Lipinski definition) is 2. The lowest BCUT2D eigenvalue weighted by molar-refractivity contribution is -0.166. The Balaban J connectivity index is 5.20. The zero-order valence-corrected chi connectivity index (χ0v) is 15.5. The van der Waals surface area contributed by atoms with Gasteiger partial charge in [-0.2, -0.15) is 0 Å². The molecule has 0 aliphatic rings. The highest BCUT2D eigenvalue weighted by molar-refractivity contribution is 5.10. The van der Waals surface area contributed by atoms with Crippen LogP contribution in [0.2, 0.25) is 0 Å². The van der Waals surface area contributed by atoms with Crippen molar-refractivity contribution in [2.75, 3.05) is 13.2 Å². The summed E-state index contributed by atoms with van der Waals surface area (Å²) in [5.74, 6) is 0.0566. The Kier molecular flexibility index (Phi) is 9.31. The van der Waals surface area contributed by atoms with Crippen molar-refractivity contribution in [3.63, 3.8) is 0 Å². The second-order valence-electron chi connectivity index (χ2n) is 6.95. The Morgan fingerprint density at radius 1 is 0.955 bits per heavy atom. The van der Waals surface area contributed by atoms with Crippen LogP contribution in [0.1, 0.15) is 48.5 Å². The molecule has 1 unspecified atom stereocenters. The van der Waals surface area contributed by atoms with Crippen molar-refractivity contribution in [2.45, 2.75) is 54.8 Å². The summed E-state index contributed by atoms with van der Waals surface area (Å²) in [6.45, 7) is 23.7. The van der Waals surface area contributed by atoms with Crippen LogP contribution < -0.4 is 0 Å². The Labute approximate surface area is 137 Å². The molecule has 2 heteroatoms. The topological polar surface area (TPSA) is 18.5 Å². The molecule has 0 radical (unpaired) electrons. The minimum atomic E-state index is -0.336. The van der Waals surface area contributed by atoms with Gasteiger partial charge in [-0.15, -0.1) is 6.58 Å². The van der Waals surface area contributed by atoms with Crippen LogP contribution in [-0.4, -0.2) is 19.5 Å². The van der Waals surface area contributed by atoms with E-state index in [1.54, 1.807) is 0 Å². The SMILES string of the molecule is C=CC(C)(C)C(C(=C)C)C(OCC=C(C)C)OCC=C(C)C. The van der Waals surface area contributed by atoms with Crippen LogP contribution in [0.3, 0.4) is 0 Å². The first kappa shape index (κ1) is 20.9. The van der Waals surface area contributed by atoms with Crippen molar-refractivity contribution in [1.29, 1.82) is 0 Å². The highest BCUT2D eigenvalue weighted by Gasteiger charge is 2.35. The lowest BCUT2D eigenvalue weighted by Gasteiger charge is -2.37. The Hall–Kier alpha value is -1.12. The third-order valence-electron chi connectivity index (χ3n) is 3.63. The van der Waals surface area contributed by atoms with E-state index in [0.29, 0.717) is 13.2 Å². The Bertz CT molecular complexity index is 397. The van der Waals surface area contributed by atoms with Gasteiger partial charge in [-0.05, 0) is 40.0 Å². The monoisotopic (exact) mass is 306 g/mol. The van der Waals surface area contributed by atoms with E-state index >= 15 is 0 Å². The molecule has 0 rings (SSSR count). The van der Waals surface area contributed by atoms with Gasteiger partial charge < -0.3 is 9.47 Å². The summed E-state index contributed by atoms with van der Waals surface area (Å²) in [4.78, 5) is 0. The predicted octanol–water partition coefficient (Wildman–Crippen LogP) is 5.68. The van der Waals surface area contributed by atoms with Crippen molar-refractivity contribution in [3.8, 4) is 0 Å².